The smallest absolute Gasteiger partial charge is 0.343 e. The van der Waals surface area contributed by atoms with Gasteiger partial charge >= 0.3 is 11.9 Å². The molecule has 3 N–H and O–H groups in total. The van der Waals surface area contributed by atoms with E-state index in [1.165, 1.54) is 42.6 Å². The monoisotopic (exact) mass is 626 g/mol. The molecule has 0 saturated carbocycles. The molecule has 10 nitrogen and oxygen atoms in total. The summed E-state index contributed by atoms with van der Waals surface area (Å²) in [5, 5.41) is 45.3. The molecule has 6 aromatic carbocycles. The number of fused-ring (bicyclic) bond motifs is 2. The number of non-ortho nitro benzene ring substituents is 1. The van der Waals surface area contributed by atoms with Crippen LogP contribution in [0.15, 0.2) is 120 Å². The molecule has 0 aliphatic heterocycles. The summed E-state index contributed by atoms with van der Waals surface area (Å²) in [6.45, 7) is 0. The maximum Gasteiger partial charge on any atom is 0.343 e. The van der Waals surface area contributed by atoms with E-state index in [1.807, 2.05) is 48.5 Å². The van der Waals surface area contributed by atoms with Crippen LogP contribution in [0.25, 0.3) is 32.7 Å². The SMILES string of the molecule is O=C(Oc1ccc2ccccc2c1-c1c(O)c(C=N[C@H](Cc2ccc(O)cc2)C(=O)O)cc2ccccc12)c1ccc([N+](=O)[O-])cc1. The van der Waals surface area contributed by atoms with Gasteiger partial charge in [-0.25, -0.2) is 9.59 Å². The average molecular weight is 627 g/mol. The number of carbonyl (C=O) groups is 2. The van der Waals surface area contributed by atoms with Crippen molar-refractivity contribution in [1.29, 1.82) is 0 Å². The zero-order chi connectivity index (χ0) is 33.1. The van der Waals surface area contributed by atoms with Gasteiger partial charge in [0.25, 0.3) is 5.69 Å². The third kappa shape index (κ3) is 6.34. The molecule has 0 aromatic heterocycles. The second-order valence-corrected chi connectivity index (χ2v) is 10.8. The van der Waals surface area contributed by atoms with E-state index < -0.39 is 22.9 Å². The third-order valence-corrected chi connectivity index (χ3v) is 7.75. The van der Waals surface area contributed by atoms with E-state index >= 15 is 0 Å². The number of aromatic hydroxyl groups is 2. The molecule has 0 saturated heterocycles. The summed E-state index contributed by atoms with van der Waals surface area (Å²) in [6, 6.07) is 29.8. The fourth-order valence-corrected chi connectivity index (χ4v) is 5.41. The molecule has 6 aromatic rings. The van der Waals surface area contributed by atoms with Crippen LogP contribution in [0.1, 0.15) is 21.5 Å². The van der Waals surface area contributed by atoms with Gasteiger partial charge in [0, 0.05) is 41.5 Å². The molecule has 10 heteroatoms. The fraction of sp³-hybridized carbons (Fsp3) is 0.0541. The zero-order valence-electron chi connectivity index (χ0n) is 24.6. The highest BCUT2D eigenvalue weighted by Crippen LogP contribution is 2.46. The minimum atomic E-state index is -1.18. The second kappa shape index (κ2) is 12.8. The molecule has 0 radical (unpaired) electrons. The van der Waals surface area contributed by atoms with Gasteiger partial charge in [0.2, 0.25) is 0 Å². The van der Waals surface area contributed by atoms with Gasteiger partial charge in [0.1, 0.15) is 17.2 Å². The molecular weight excluding hydrogens is 600 g/mol. The van der Waals surface area contributed by atoms with E-state index in [2.05, 4.69) is 4.99 Å². The van der Waals surface area contributed by atoms with Gasteiger partial charge in [-0.2, -0.15) is 0 Å². The van der Waals surface area contributed by atoms with E-state index in [4.69, 9.17) is 4.74 Å². The van der Waals surface area contributed by atoms with Gasteiger partial charge in [-0.15, -0.1) is 0 Å². The van der Waals surface area contributed by atoms with E-state index in [0.29, 0.717) is 32.8 Å². The lowest BCUT2D eigenvalue weighted by atomic mass is 9.90. The maximum atomic E-state index is 13.3. The molecule has 0 heterocycles. The van der Waals surface area contributed by atoms with Gasteiger partial charge in [0.05, 0.1) is 10.5 Å². The Morgan fingerprint density at radius 1 is 0.809 bits per heavy atom. The molecule has 0 aliphatic rings. The number of carboxylic acid groups (broad SMARTS) is 1. The third-order valence-electron chi connectivity index (χ3n) is 7.75. The number of phenols is 2. The van der Waals surface area contributed by atoms with Crippen molar-refractivity contribution in [3.8, 4) is 28.4 Å². The van der Waals surface area contributed by atoms with Gasteiger partial charge in [-0.05, 0) is 63.5 Å². The standard InChI is InChI=1S/C37H26N2O8/c40-28-16-9-22(10-17-28)19-31(36(42)43)38-21-26-20-25-6-2-4-8-30(25)34(35(26)41)33-29-7-3-1-5-23(29)13-18-32(33)47-37(44)24-11-14-27(15-12-24)39(45)46/h1-18,20-21,31,40-41H,19H2,(H,42,43)/t31-/m1/s1. The predicted molar refractivity (Wildman–Crippen MR) is 177 cm³/mol. The number of hydrogen-bond acceptors (Lipinski definition) is 8. The van der Waals surface area contributed by atoms with Crippen LogP contribution < -0.4 is 4.74 Å². The molecule has 1 atom stereocenters. The summed E-state index contributed by atoms with van der Waals surface area (Å²) >= 11 is 0. The second-order valence-electron chi connectivity index (χ2n) is 10.8. The molecule has 6 rings (SSSR count). The summed E-state index contributed by atoms with van der Waals surface area (Å²) in [4.78, 5) is 40.3. The lowest BCUT2D eigenvalue weighted by molar-refractivity contribution is -0.384. The molecule has 0 unspecified atom stereocenters. The van der Waals surface area contributed by atoms with Gasteiger partial charge < -0.3 is 20.1 Å². The van der Waals surface area contributed by atoms with Gasteiger partial charge in [0.15, 0.2) is 6.04 Å². The summed E-state index contributed by atoms with van der Waals surface area (Å²) in [5.74, 6) is -1.92. The van der Waals surface area contributed by atoms with Crippen molar-refractivity contribution in [3.63, 3.8) is 0 Å². The number of hydrogen-bond donors (Lipinski definition) is 3. The maximum absolute atomic E-state index is 13.3. The normalized spacial score (nSPS) is 11.9. The summed E-state index contributed by atoms with van der Waals surface area (Å²) in [7, 11) is 0. The summed E-state index contributed by atoms with van der Waals surface area (Å²) in [5.41, 5.74) is 1.59. The van der Waals surface area contributed by atoms with Crippen LogP contribution in [0.2, 0.25) is 0 Å². The lowest BCUT2D eigenvalue weighted by Gasteiger charge is -2.18. The molecule has 0 spiro atoms. The van der Waals surface area contributed by atoms with Crippen molar-refractivity contribution in [2.45, 2.75) is 12.5 Å². The number of rotatable bonds is 9. The Labute approximate surface area is 267 Å². The van der Waals surface area contributed by atoms with Crippen LogP contribution >= 0.6 is 0 Å². The first-order valence-corrected chi connectivity index (χ1v) is 14.5. The molecule has 0 aliphatic carbocycles. The number of nitrogens with zero attached hydrogens (tertiary/aromatic N) is 2. The average Bonchev–Trinajstić information content (AvgIpc) is 3.08. The number of aliphatic carboxylic acids is 1. The Morgan fingerprint density at radius 3 is 2.11 bits per heavy atom. The first-order valence-electron chi connectivity index (χ1n) is 14.5. The molecule has 232 valence electrons. The van der Waals surface area contributed by atoms with Crippen LogP contribution in [-0.4, -0.2) is 44.4 Å². The van der Waals surface area contributed by atoms with Crippen molar-refractivity contribution >= 4 is 45.4 Å². The molecule has 0 amide bonds. The van der Waals surface area contributed by atoms with E-state index in [1.54, 1.807) is 30.3 Å². The van der Waals surface area contributed by atoms with Crippen LogP contribution in [0.5, 0.6) is 17.2 Å². The van der Waals surface area contributed by atoms with Crippen LogP contribution in [-0.2, 0) is 11.2 Å². The van der Waals surface area contributed by atoms with Crippen LogP contribution in [0.3, 0.4) is 0 Å². The molecule has 0 fully saturated rings. The van der Waals surface area contributed by atoms with Crippen LogP contribution in [0.4, 0.5) is 5.69 Å². The molecule has 0 bridgehead atoms. The number of ether oxygens (including phenoxy) is 1. The Hall–Kier alpha value is -6.55. The Morgan fingerprint density at radius 2 is 1.45 bits per heavy atom. The number of esters is 1. The number of carboxylic acids is 1. The zero-order valence-corrected chi connectivity index (χ0v) is 24.6. The predicted octanol–water partition coefficient (Wildman–Crippen LogP) is 7.31. The van der Waals surface area contributed by atoms with E-state index in [9.17, 15) is 35.0 Å². The Kier molecular flexibility index (Phi) is 8.31. The van der Waals surface area contributed by atoms with E-state index in [0.717, 1.165) is 5.39 Å². The largest absolute Gasteiger partial charge is 0.508 e. The minimum Gasteiger partial charge on any atom is -0.508 e. The van der Waals surface area contributed by atoms with Gasteiger partial charge in [-0.1, -0.05) is 66.7 Å². The summed E-state index contributed by atoms with van der Waals surface area (Å²) in [6.07, 6.45) is 1.37. The number of aliphatic imine (C=N–C) groups is 1. The Bertz CT molecular complexity index is 2190. The Balaban J connectivity index is 1.48. The number of nitro benzene ring substituents is 1. The van der Waals surface area contributed by atoms with Crippen LogP contribution in [0, 0.1) is 10.1 Å². The van der Waals surface area contributed by atoms with Gasteiger partial charge in [-0.3, -0.25) is 15.1 Å². The quantitative estimate of drug-likeness (QED) is 0.0495. The highest BCUT2D eigenvalue weighted by Gasteiger charge is 2.23. The molecule has 47 heavy (non-hydrogen) atoms. The van der Waals surface area contributed by atoms with Crippen molar-refractivity contribution in [2.24, 2.45) is 4.99 Å². The highest BCUT2D eigenvalue weighted by atomic mass is 16.6. The topological polar surface area (TPSA) is 160 Å². The van der Waals surface area contributed by atoms with Crippen molar-refractivity contribution < 1.29 is 34.6 Å². The van der Waals surface area contributed by atoms with E-state index in [-0.39, 0.29) is 40.5 Å². The first-order chi connectivity index (χ1) is 22.7. The number of nitro groups is 1. The first kappa shape index (κ1) is 30.5. The minimum absolute atomic E-state index is 0.0549. The number of phenolic OH excluding ortho intramolecular Hbond substituents is 2. The molecular formula is C37H26N2O8. The van der Waals surface area contributed by atoms with Crippen molar-refractivity contribution in [3.05, 3.63) is 142 Å². The van der Waals surface area contributed by atoms with Crippen molar-refractivity contribution in [1.82, 2.24) is 0 Å². The van der Waals surface area contributed by atoms with Crippen molar-refractivity contribution in [2.75, 3.05) is 0 Å². The summed E-state index contributed by atoms with van der Waals surface area (Å²) < 4.78 is 5.89. The number of carbonyl (C=O) groups excluding carboxylic acids is 1. The lowest BCUT2D eigenvalue weighted by Crippen LogP contribution is -2.21. The highest BCUT2D eigenvalue weighted by molar-refractivity contribution is 6.13. The fourth-order valence-electron chi connectivity index (χ4n) is 5.41. The number of benzene rings is 6.